The van der Waals surface area contributed by atoms with E-state index in [9.17, 15) is 9.90 Å². The van der Waals surface area contributed by atoms with Gasteiger partial charge in [0.15, 0.2) is 0 Å². The van der Waals surface area contributed by atoms with E-state index in [-0.39, 0.29) is 12.0 Å². The Balaban J connectivity index is 1.25. The van der Waals surface area contributed by atoms with Gasteiger partial charge in [-0.1, -0.05) is 6.07 Å². The zero-order chi connectivity index (χ0) is 19.8. The lowest BCUT2D eigenvalue weighted by Gasteiger charge is -2.16. The van der Waals surface area contributed by atoms with Gasteiger partial charge in [0.05, 0.1) is 30.3 Å². The normalized spacial score (nSPS) is 17.1. The largest absolute Gasteiger partial charge is 0.493 e. The van der Waals surface area contributed by atoms with E-state index < -0.39 is 5.97 Å². The van der Waals surface area contributed by atoms with Gasteiger partial charge in [-0.15, -0.1) is 0 Å². The van der Waals surface area contributed by atoms with Crippen LogP contribution in [-0.2, 0) is 29.6 Å². The van der Waals surface area contributed by atoms with Gasteiger partial charge in [-0.3, -0.25) is 14.5 Å². The molecule has 1 fully saturated rings. The molecule has 5 rings (SSSR count). The number of carbonyl (C=O) groups is 1. The van der Waals surface area contributed by atoms with Crippen LogP contribution in [-0.4, -0.2) is 32.4 Å². The van der Waals surface area contributed by atoms with Crippen LogP contribution < -0.4 is 4.74 Å². The summed E-state index contributed by atoms with van der Waals surface area (Å²) in [6, 6.07) is 10.3. The van der Waals surface area contributed by atoms with Crippen molar-refractivity contribution in [2.45, 2.75) is 56.9 Å². The first kappa shape index (κ1) is 18.2. The maximum atomic E-state index is 11.2. The molecule has 0 radical (unpaired) electrons. The van der Waals surface area contributed by atoms with Crippen molar-refractivity contribution in [2.24, 2.45) is 0 Å². The summed E-state index contributed by atoms with van der Waals surface area (Å²) in [5, 5.41) is 14.7. The second-order valence-corrected chi connectivity index (χ2v) is 8.29. The van der Waals surface area contributed by atoms with Crippen molar-refractivity contribution in [3.05, 3.63) is 53.5 Å². The molecule has 29 heavy (non-hydrogen) atoms. The quantitative estimate of drug-likeness (QED) is 0.661. The van der Waals surface area contributed by atoms with Crippen molar-refractivity contribution in [3.8, 4) is 5.75 Å². The number of ether oxygens (including phenoxy) is 1. The van der Waals surface area contributed by atoms with E-state index in [0.717, 1.165) is 54.5 Å². The Morgan fingerprint density at radius 2 is 2.03 bits per heavy atom. The molecule has 1 aromatic carbocycles. The van der Waals surface area contributed by atoms with Gasteiger partial charge in [-0.2, -0.15) is 5.10 Å². The number of fused-ring (bicyclic) bond motifs is 2. The Morgan fingerprint density at radius 3 is 2.86 bits per heavy atom. The van der Waals surface area contributed by atoms with Crippen LogP contribution in [0.3, 0.4) is 0 Å². The predicted octanol–water partition coefficient (Wildman–Crippen LogP) is 3.90. The molecular weight excluding hydrogens is 366 g/mol. The van der Waals surface area contributed by atoms with Crippen molar-refractivity contribution in [1.82, 2.24) is 14.8 Å². The molecule has 6 nitrogen and oxygen atoms in total. The van der Waals surface area contributed by atoms with Crippen LogP contribution in [0.15, 0.2) is 36.5 Å². The topological polar surface area (TPSA) is 77.2 Å². The van der Waals surface area contributed by atoms with Crippen LogP contribution in [0.25, 0.3) is 10.9 Å². The van der Waals surface area contributed by atoms with Gasteiger partial charge >= 0.3 is 5.97 Å². The monoisotopic (exact) mass is 391 g/mol. The lowest BCUT2D eigenvalue weighted by molar-refractivity contribution is -0.138. The molecule has 0 unspecified atom stereocenters. The third-order valence-corrected chi connectivity index (χ3v) is 6.16. The number of aryl methyl sites for hydroxylation is 2. The minimum absolute atomic E-state index is 0.121. The molecule has 2 heterocycles. The van der Waals surface area contributed by atoms with Gasteiger partial charge < -0.3 is 9.84 Å². The van der Waals surface area contributed by atoms with E-state index in [2.05, 4.69) is 17.2 Å². The molecule has 0 bridgehead atoms. The Kier molecular flexibility index (Phi) is 4.49. The van der Waals surface area contributed by atoms with Crippen molar-refractivity contribution >= 4 is 16.9 Å². The third kappa shape index (κ3) is 3.59. The number of aliphatic carboxylic acids is 1. The van der Waals surface area contributed by atoms with Crippen LogP contribution in [0.5, 0.6) is 5.75 Å². The molecule has 1 N–H and O–H groups in total. The van der Waals surface area contributed by atoms with Crippen LogP contribution in [0.4, 0.5) is 0 Å². The molecule has 0 amide bonds. The molecule has 0 saturated heterocycles. The highest BCUT2D eigenvalue weighted by Gasteiger charge is 2.48. The van der Waals surface area contributed by atoms with Crippen LogP contribution in [0, 0.1) is 0 Å². The van der Waals surface area contributed by atoms with Gasteiger partial charge in [-0.25, -0.2) is 0 Å². The van der Waals surface area contributed by atoms with Gasteiger partial charge in [0.2, 0.25) is 0 Å². The maximum absolute atomic E-state index is 11.2. The average Bonchev–Trinajstić information content (AvgIpc) is 3.35. The van der Waals surface area contributed by atoms with Gasteiger partial charge in [-0.05, 0) is 68.4 Å². The van der Waals surface area contributed by atoms with Gasteiger partial charge in [0, 0.05) is 23.2 Å². The van der Waals surface area contributed by atoms with Crippen LogP contribution in [0.1, 0.15) is 49.1 Å². The summed E-state index contributed by atoms with van der Waals surface area (Å²) in [5.74, 6) is 0.0278. The number of aromatic nitrogens is 3. The Hall–Kier alpha value is -2.89. The highest BCUT2D eigenvalue weighted by Crippen LogP contribution is 2.47. The first-order valence-electron chi connectivity index (χ1n) is 10.4. The van der Waals surface area contributed by atoms with Crippen molar-refractivity contribution in [3.63, 3.8) is 0 Å². The Morgan fingerprint density at radius 1 is 1.17 bits per heavy atom. The number of benzene rings is 1. The predicted molar refractivity (Wildman–Crippen MR) is 109 cm³/mol. The molecule has 2 aliphatic rings. The SMILES string of the molecule is O=C(O)CC1(n2ncc3cc(OCCc4ccc5c(n4)CCCC5)ccc32)CC1. The summed E-state index contributed by atoms with van der Waals surface area (Å²) in [7, 11) is 0. The molecular formula is C23H25N3O3. The van der Waals surface area contributed by atoms with Gasteiger partial charge in [0.25, 0.3) is 0 Å². The fourth-order valence-corrected chi connectivity index (χ4v) is 4.41. The fourth-order valence-electron chi connectivity index (χ4n) is 4.41. The lowest BCUT2D eigenvalue weighted by atomic mass is 9.96. The first-order valence-corrected chi connectivity index (χ1v) is 10.4. The molecule has 0 spiro atoms. The summed E-state index contributed by atoms with van der Waals surface area (Å²) in [5.41, 5.74) is 4.36. The standard InChI is InChI=1S/C23H25N3O3/c27-22(28)14-23(10-11-23)26-21-8-7-19(13-17(21)15-24-26)29-12-9-18-6-5-16-3-1-2-4-20(16)25-18/h5-8,13,15H,1-4,9-12,14H2,(H,27,28). The molecule has 150 valence electrons. The van der Waals surface area contributed by atoms with Crippen molar-refractivity contribution in [2.75, 3.05) is 6.61 Å². The zero-order valence-electron chi connectivity index (χ0n) is 16.4. The van der Waals surface area contributed by atoms with Crippen molar-refractivity contribution in [1.29, 1.82) is 0 Å². The molecule has 1 saturated carbocycles. The Bertz CT molecular complexity index is 1070. The smallest absolute Gasteiger partial charge is 0.305 e. The first-order chi connectivity index (χ1) is 14.1. The summed E-state index contributed by atoms with van der Waals surface area (Å²) >= 11 is 0. The van der Waals surface area contributed by atoms with Crippen LogP contribution >= 0.6 is 0 Å². The highest BCUT2D eigenvalue weighted by atomic mass is 16.5. The van der Waals surface area contributed by atoms with E-state index >= 15 is 0 Å². The third-order valence-electron chi connectivity index (χ3n) is 6.16. The van der Waals surface area contributed by atoms with E-state index in [1.54, 1.807) is 6.20 Å². The lowest BCUT2D eigenvalue weighted by Crippen LogP contribution is -2.22. The van der Waals surface area contributed by atoms with E-state index in [1.807, 2.05) is 22.9 Å². The van der Waals surface area contributed by atoms with Crippen molar-refractivity contribution < 1.29 is 14.6 Å². The number of hydrogen-bond donors (Lipinski definition) is 1. The molecule has 6 heteroatoms. The summed E-state index contributed by atoms with van der Waals surface area (Å²) in [6.45, 7) is 0.578. The number of carboxylic acids is 1. The number of pyridine rings is 1. The molecule has 3 aromatic rings. The highest BCUT2D eigenvalue weighted by molar-refractivity contribution is 5.81. The molecule has 2 aliphatic carbocycles. The van der Waals surface area contributed by atoms with Crippen LogP contribution in [0.2, 0.25) is 0 Å². The van der Waals surface area contributed by atoms with E-state index in [1.165, 1.54) is 24.1 Å². The molecule has 2 aromatic heterocycles. The second-order valence-electron chi connectivity index (χ2n) is 8.29. The molecule has 0 atom stereocenters. The molecule has 0 aliphatic heterocycles. The number of rotatable bonds is 7. The number of hydrogen-bond acceptors (Lipinski definition) is 4. The number of carboxylic acid groups (broad SMARTS) is 1. The summed E-state index contributed by atoms with van der Waals surface area (Å²) < 4.78 is 7.85. The minimum Gasteiger partial charge on any atom is -0.493 e. The average molecular weight is 391 g/mol. The van der Waals surface area contributed by atoms with E-state index in [4.69, 9.17) is 9.72 Å². The summed E-state index contributed by atoms with van der Waals surface area (Å²) in [4.78, 5) is 16.0. The summed E-state index contributed by atoms with van der Waals surface area (Å²) in [6.07, 6.45) is 9.19. The number of nitrogens with zero attached hydrogens (tertiary/aromatic N) is 3. The van der Waals surface area contributed by atoms with Gasteiger partial charge in [0.1, 0.15) is 5.75 Å². The second kappa shape index (κ2) is 7.17. The van der Waals surface area contributed by atoms with E-state index in [0.29, 0.717) is 6.61 Å². The minimum atomic E-state index is -0.776. The maximum Gasteiger partial charge on any atom is 0.305 e. The fraction of sp³-hybridized carbons (Fsp3) is 0.435. The Labute approximate surface area is 169 Å². The zero-order valence-corrected chi connectivity index (χ0v) is 16.4.